The first-order valence-corrected chi connectivity index (χ1v) is 6.11. The Morgan fingerprint density at radius 2 is 1.67 bits per heavy atom. The Morgan fingerprint density at radius 3 is 1.89 bits per heavy atom. The van der Waals surface area contributed by atoms with Crippen LogP contribution in [0.4, 0.5) is 0 Å². The van der Waals surface area contributed by atoms with E-state index in [1.807, 2.05) is 0 Å². The first-order valence-electron chi connectivity index (χ1n) is 4.11. The molecule has 56 valence electrons. The van der Waals surface area contributed by atoms with Gasteiger partial charge in [-0.05, 0) is 30.1 Å². The number of hydrogen-bond acceptors (Lipinski definition) is 1. The zero-order chi connectivity index (χ0) is 7.11. The van der Waals surface area contributed by atoms with Crippen LogP contribution in [0.15, 0.2) is 0 Å². The van der Waals surface area contributed by atoms with Crippen LogP contribution >= 0.6 is 0 Å². The normalized spacial score (nSPS) is 19.3. The molecular weight excluding hydrogens is 126 g/mol. The molecule has 0 amide bonds. The van der Waals surface area contributed by atoms with E-state index in [0.717, 1.165) is 6.04 Å². The molecule has 0 aromatic rings. The summed E-state index contributed by atoms with van der Waals surface area (Å²) >= 11 is 0. The highest BCUT2D eigenvalue weighted by Crippen LogP contribution is 2.16. The van der Waals surface area contributed by atoms with E-state index in [4.69, 9.17) is 0 Å². The van der Waals surface area contributed by atoms with Crippen molar-refractivity contribution >= 4 is 10.2 Å². The summed E-state index contributed by atoms with van der Waals surface area (Å²) in [6.07, 6.45) is 5.67. The lowest BCUT2D eigenvalue weighted by Crippen LogP contribution is -2.20. The SMILES string of the molecule is CNC1CCCC1.C[SiH3]. The highest BCUT2D eigenvalue weighted by Gasteiger charge is 2.10. The van der Waals surface area contributed by atoms with Crippen molar-refractivity contribution in [3.05, 3.63) is 0 Å². The first-order chi connectivity index (χ1) is 4.43. The molecule has 0 radical (unpaired) electrons. The molecule has 1 rings (SSSR count). The van der Waals surface area contributed by atoms with E-state index in [9.17, 15) is 0 Å². The summed E-state index contributed by atoms with van der Waals surface area (Å²) in [7, 11) is 3.36. The van der Waals surface area contributed by atoms with Crippen LogP contribution in [0, 0.1) is 0 Å². The minimum atomic E-state index is 0.847. The Hall–Kier alpha value is 0.177. The van der Waals surface area contributed by atoms with Gasteiger partial charge in [0.1, 0.15) is 0 Å². The molecule has 1 nitrogen and oxygen atoms in total. The van der Waals surface area contributed by atoms with E-state index in [-0.39, 0.29) is 0 Å². The van der Waals surface area contributed by atoms with E-state index in [1.54, 1.807) is 0 Å². The molecule has 0 aromatic heterocycles. The minimum absolute atomic E-state index is 0.847. The van der Waals surface area contributed by atoms with Crippen molar-refractivity contribution in [3.8, 4) is 0 Å². The molecule has 1 aliphatic rings. The average molecular weight is 145 g/mol. The predicted molar refractivity (Wildman–Crippen MR) is 47.1 cm³/mol. The second kappa shape index (κ2) is 6.30. The third-order valence-corrected chi connectivity index (χ3v) is 1.76. The van der Waals surface area contributed by atoms with Crippen molar-refractivity contribution in [2.75, 3.05) is 7.05 Å². The van der Waals surface area contributed by atoms with Crippen molar-refractivity contribution in [1.82, 2.24) is 5.32 Å². The van der Waals surface area contributed by atoms with Gasteiger partial charge < -0.3 is 5.32 Å². The van der Waals surface area contributed by atoms with Crippen LogP contribution in [-0.4, -0.2) is 23.3 Å². The van der Waals surface area contributed by atoms with Gasteiger partial charge >= 0.3 is 0 Å². The molecule has 0 unspecified atom stereocenters. The zero-order valence-corrected chi connectivity index (χ0v) is 8.91. The number of hydrogen-bond donors (Lipinski definition) is 1. The Bertz CT molecular complexity index is 50.9. The summed E-state index contributed by atoms with van der Waals surface area (Å²) < 4.78 is 0. The molecule has 0 spiro atoms. The maximum Gasteiger partial charge on any atom is 0.00640 e. The molecule has 0 saturated heterocycles. The molecule has 1 fully saturated rings. The molecule has 1 saturated carbocycles. The summed E-state index contributed by atoms with van der Waals surface area (Å²) in [5, 5.41) is 3.26. The third kappa shape index (κ3) is 3.70. The van der Waals surface area contributed by atoms with E-state index in [1.165, 1.54) is 35.9 Å². The number of rotatable bonds is 1. The maximum absolute atomic E-state index is 3.26. The van der Waals surface area contributed by atoms with Crippen LogP contribution in [0.5, 0.6) is 0 Å². The van der Waals surface area contributed by atoms with E-state index in [2.05, 4.69) is 18.9 Å². The fourth-order valence-corrected chi connectivity index (χ4v) is 1.21. The largest absolute Gasteiger partial charge is 0.317 e. The first kappa shape index (κ1) is 9.18. The molecule has 2 heteroatoms. The van der Waals surface area contributed by atoms with Gasteiger partial charge in [-0.3, -0.25) is 0 Å². The van der Waals surface area contributed by atoms with Gasteiger partial charge in [0.2, 0.25) is 0 Å². The van der Waals surface area contributed by atoms with Crippen molar-refractivity contribution in [2.45, 2.75) is 38.3 Å². The summed E-state index contributed by atoms with van der Waals surface area (Å²) in [6, 6.07) is 0.847. The van der Waals surface area contributed by atoms with Gasteiger partial charge in [-0.25, -0.2) is 0 Å². The Labute approximate surface area is 61.6 Å². The van der Waals surface area contributed by atoms with Gasteiger partial charge in [0, 0.05) is 6.04 Å². The van der Waals surface area contributed by atoms with Gasteiger partial charge in [0.15, 0.2) is 0 Å². The molecule has 0 bridgehead atoms. The highest BCUT2D eigenvalue weighted by atomic mass is 28.1. The highest BCUT2D eigenvalue weighted by molar-refractivity contribution is 6.05. The molecule has 0 atom stereocenters. The van der Waals surface area contributed by atoms with E-state index in [0.29, 0.717) is 0 Å². The van der Waals surface area contributed by atoms with Crippen LogP contribution in [0.25, 0.3) is 0 Å². The average Bonchev–Trinajstić information content (AvgIpc) is 2.43. The summed E-state index contributed by atoms with van der Waals surface area (Å²) in [4.78, 5) is 0. The minimum Gasteiger partial charge on any atom is -0.317 e. The van der Waals surface area contributed by atoms with Crippen molar-refractivity contribution in [2.24, 2.45) is 0 Å². The summed E-state index contributed by atoms with van der Waals surface area (Å²) in [5.41, 5.74) is 0. The molecule has 1 aliphatic carbocycles. The molecular formula is C7H19NSi. The fraction of sp³-hybridized carbons (Fsp3) is 1.00. The summed E-state index contributed by atoms with van der Waals surface area (Å²) in [6.45, 7) is 2.14. The van der Waals surface area contributed by atoms with Gasteiger partial charge in [-0.15, -0.1) is 0 Å². The Balaban J connectivity index is 0.000000291. The monoisotopic (exact) mass is 145 g/mol. The lowest BCUT2D eigenvalue weighted by atomic mass is 10.3. The molecule has 1 N–H and O–H groups in total. The topological polar surface area (TPSA) is 12.0 Å². The molecule has 0 aromatic carbocycles. The standard InChI is InChI=1S/C6H13N.CH6Si/c1-7-6-4-2-3-5-6;1-2/h6-7H,2-5H2,1H3;1-2H3. The Kier molecular flexibility index (Phi) is 6.42. The second-order valence-corrected chi connectivity index (χ2v) is 2.27. The van der Waals surface area contributed by atoms with Crippen LogP contribution in [-0.2, 0) is 0 Å². The second-order valence-electron chi connectivity index (χ2n) is 2.27. The predicted octanol–water partition coefficient (Wildman–Crippen LogP) is 0.548. The smallest absolute Gasteiger partial charge is 0.00640 e. The molecule has 0 aliphatic heterocycles. The van der Waals surface area contributed by atoms with Crippen molar-refractivity contribution in [3.63, 3.8) is 0 Å². The van der Waals surface area contributed by atoms with Gasteiger partial charge in [-0.1, -0.05) is 19.4 Å². The third-order valence-electron chi connectivity index (χ3n) is 1.76. The van der Waals surface area contributed by atoms with Crippen LogP contribution in [0.1, 0.15) is 25.7 Å². The van der Waals surface area contributed by atoms with Gasteiger partial charge in [0.25, 0.3) is 0 Å². The summed E-state index contributed by atoms with van der Waals surface area (Å²) in [5.74, 6) is 0. The molecule has 9 heavy (non-hydrogen) atoms. The fourth-order valence-electron chi connectivity index (χ4n) is 1.21. The van der Waals surface area contributed by atoms with Crippen LogP contribution < -0.4 is 5.32 Å². The molecule has 0 heterocycles. The van der Waals surface area contributed by atoms with Crippen LogP contribution in [0.3, 0.4) is 0 Å². The number of nitrogens with one attached hydrogen (secondary N) is 1. The van der Waals surface area contributed by atoms with Crippen molar-refractivity contribution < 1.29 is 0 Å². The lowest BCUT2D eigenvalue weighted by Gasteiger charge is -2.03. The zero-order valence-electron chi connectivity index (χ0n) is 6.91. The van der Waals surface area contributed by atoms with E-state index < -0.39 is 0 Å². The van der Waals surface area contributed by atoms with Gasteiger partial charge in [-0.2, -0.15) is 0 Å². The van der Waals surface area contributed by atoms with E-state index >= 15 is 0 Å². The van der Waals surface area contributed by atoms with Crippen molar-refractivity contribution in [1.29, 1.82) is 0 Å². The maximum atomic E-state index is 3.26. The van der Waals surface area contributed by atoms with Gasteiger partial charge in [0.05, 0.1) is 0 Å². The quantitative estimate of drug-likeness (QED) is 0.531. The van der Waals surface area contributed by atoms with Crippen LogP contribution in [0.2, 0.25) is 6.55 Å². The Morgan fingerprint density at radius 1 is 1.22 bits per heavy atom. The lowest BCUT2D eigenvalue weighted by molar-refractivity contribution is 0.582.